The molecular weight excluding hydrogens is 322 g/mol. The second kappa shape index (κ2) is 6.19. The van der Waals surface area contributed by atoms with E-state index < -0.39 is 15.8 Å². The van der Waals surface area contributed by atoms with E-state index >= 15 is 0 Å². The van der Waals surface area contributed by atoms with E-state index in [9.17, 15) is 13.2 Å². The summed E-state index contributed by atoms with van der Waals surface area (Å²) in [6.45, 7) is 1.77. The minimum atomic E-state index is -3.05. The van der Waals surface area contributed by atoms with Gasteiger partial charge >= 0.3 is 5.97 Å². The molecule has 0 spiro atoms. The van der Waals surface area contributed by atoms with Gasteiger partial charge in [0.25, 0.3) is 0 Å². The number of sulfone groups is 1. The fourth-order valence-electron chi connectivity index (χ4n) is 1.33. The third-order valence-corrected chi connectivity index (χ3v) is 4.58. The molecule has 0 amide bonds. The molecule has 5 nitrogen and oxygen atoms in total. The molecule has 0 aromatic heterocycles. The third kappa shape index (κ3) is 4.30. The summed E-state index contributed by atoms with van der Waals surface area (Å²) in [5.41, 5.74) is 0.523. The van der Waals surface area contributed by atoms with Crippen LogP contribution in [0, 0.1) is 0 Å². The summed E-state index contributed by atoms with van der Waals surface area (Å²) in [4.78, 5) is 11.0. The Labute approximate surface area is 114 Å². The zero-order valence-electron chi connectivity index (χ0n) is 9.81. The number of carboxylic acids is 1. The molecule has 0 bridgehead atoms. The quantitative estimate of drug-likeness (QED) is 0.830. The molecule has 0 aliphatic carbocycles. The summed E-state index contributed by atoms with van der Waals surface area (Å²) in [5.74, 6) is -0.989. The molecule has 100 valence electrons. The van der Waals surface area contributed by atoms with Crippen molar-refractivity contribution in [1.82, 2.24) is 0 Å². The Balaban J connectivity index is 2.77. The zero-order chi connectivity index (χ0) is 13.8. The highest BCUT2D eigenvalue weighted by Gasteiger charge is 2.12. The predicted octanol–water partition coefficient (Wildman–Crippen LogP) is 1.99. The molecule has 2 N–H and O–H groups in total. The molecule has 1 rings (SSSR count). The summed E-state index contributed by atoms with van der Waals surface area (Å²) >= 11 is 3.19. The maximum absolute atomic E-state index is 11.3. The van der Waals surface area contributed by atoms with Crippen molar-refractivity contribution in [3.63, 3.8) is 0 Å². The van der Waals surface area contributed by atoms with Gasteiger partial charge in [0.15, 0.2) is 9.84 Å². The number of carbonyl (C=O) groups is 1. The van der Waals surface area contributed by atoms with E-state index in [1.165, 1.54) is 6.07 Å². The Morgan fingerprint density at radius 3 is 2.67 bits per heavy atom. The second-order valence-corrected chi connectivity index (χ2v) is 7.05. The molecular formula is C11H14BrNO4S. The summed E-state index contributed by atoms with van der Waals surface area (Å²) in [7, 11) is -3.05. The minimum Gasteiger partial charge on any atom is -0.478 e. The lowest BCUT2D eigenvalue weighted by Gasteiger charge is -2.09. The SMILES string of the molecule is CCS(=O)(=O)CCNc1ccc(Br)cc1C(=O)O. The van der Waals surface area contributed by atoms with Gasteiger partial charge in [0.05, 0.1) is 11.3 Å². The Hall–Kier alpha value is -1.08. The lowest BCUT2D eigenvalue weighted by atomic mass is 10.2. The molecule has 0 unspecified atom stereocenters. The van der Waals surface area contributed by atoms with Crippen LogP contribution < -0.4 is 5.32 Å². The second-order valence-electron chi connectivity index (χ2n) is 3.66. The maximum atomic E-state index is 11.3. The summed E-state index contributed by atoms with van der Waals surface area (Å²) in [6, 6.07) is 4.77. The van der Waals surface area contributed by atoms with Crippen LogP contribution in [0.5, 0.6) is 0 Å². The van der Waals surface area contributed by atoms with Crippen molar-refractivity contribution in [2.24, 2.45) is 0 Å². The lowest BCUT2D eigenvalue weighted by Crippen LogP contribution is -2.18. The van der Waals surface area contributed by atoms with Gasteiger partial charge in [-0.2, -0.15) is 0 Å². The normalized spacial score (nSPS) is 11.2. The van der Waals surface area contributed by atoms with Crippen LogP contribution in [-0.2, 0) is 9.84 Å². The summed E-state index contributed by atoms with van der Waals surface area (Å²) in [5, 5.41) is 11.8. The Bertz CT molecular complexity index is 542. The van der Waals surface area contributed by atoms with Crippen LogP contribution in [0.3, 0.4) is 0 Å². The van der Waals surface area contributed by atoms with Gasteiger partial charge in [-0.3, -0.25) is 0 Å². The van der Waals surface area contributed by atoms with E-state index in [2.05, 4.69) is 21.2 Å². The van der Waals surface area contributed by atoms with E-state index in [1.54, 1.807) is 19.1 Å². The lowest BCUT2D eigenvalue weighted by molar-refractivity contribution is 0.0698. The van der Waals surface area contributed by atoms with Crippen molar-refractivity contribution >= 4 is 37.4 Å². The van der Waals surface area contributed by atoms with Crippen molar-refractivity contribution in [2.45, 2.75) is 6.92 Å². The highest BCUT2D eigenvalue weighted by molar-refractivity contribution is 9.10. The van der Waals surface area contributed by atoms with Gasteiger partial charge in [0.2, 0.25) is 0 Å². The standard InChI is InChI=1S/C11H14BrNO4S/c1-2-18(16,17)6-5-13-10-4-3-8(12)7-9(10)11(14)15/h3-4,7,13H,2,5-6H2,1H3,(H,14,15). The van der Waals surface area contributed by atoms with Crippen molar-refractivity contribution in [3.05, 3.63) is 28.2 Å². The van der Waals surface area contributed by atoms with Gasteiger partial charge in [-0.25, -0.2) is 13.2 Å². The maximum Gasteiger partial charge on any atom is 0.337 e. The summed E-state index contributed by atoms with van der Waals surface area (Å²) in [6.07, 6.45) is 0. The average molecular weight is 336 g/mol. The fraction of sp³-hybridized carbons (Fsp3) is 0.364. The third-order valence-electron chi connectivity index (χ3n) is 2.38. The van der Waals surface area contributed by atoms with Gasteiger partial charge in [-0.05, 0) is 18.2 Å². The molecule has 0 aliphatic rings. The number of nitrogens with one attached hydrogen (secondary N) is 1. The predicted molar refractivity (Wildman–Crippen MR) is 73.9 cm³/mol. The number of anilines is 1. The first-order valence-electron chi connectivity index (χ1n) is 5.33. The molecule has 0 saturated carbocycles. The number of hydrogen-bond acceptors (Lipinski definition) is 4. The molecule has 0 radical (unpaired) electrons. The number of carboxylic acid groups (broad SMARTS) is 1. The first-order chi connectivity index (χ1) is 8.35. The Morgan fingerprint density at radius 2 is 2.11 bits per heavy atom. The Morgan fingerprint density at radius 1 is 1.44 bits per heavy atom. The number of aromatic carboxylic acids is 1. The van der Waals surface area contributed by atoms with Gasteiger partial charge in [-0.15, -0.1) is 0 Å². The molecule has 1 aromatic rings. The highest BCUT2D eigenvalue weighted by atomic mass is 79.9. The van der Waals surface area contributed by atoms with E-state index in [1.807, 2.05) is 0 Å². The van der Waals surface area contributed by atoms with Gasteiger partial charge in [0.1, 0.15) is 0 Å². The number of benzene rings is 1. The monoisotopic (exact) mass is 335 g/mol. The van der Waals surface area contributed by atoms with Crippen LogP contribution in [0.15, 0.2) is 22.7 Å². The zero-order valence-corrected chi connectivity index (χ0v) is 12.2. The molecule has 0 aliphatic heterocycles. The van der Waals surface area contributed by atoms with Crippen LogP contribution in [-0.4, -0.2) is 37.5 Å². The topological polar surface area (TPSA) is 83.5 Å². The number of halogens is 1. The Kier molecular flexibility index (Phi) is 5.15. The molecule has 18 heavy (non-hydrogen) atoms. The molecule has 0 heterocycles. The molecule has 1 aromatic carbocycles. The van der Waals surface area contributed by atoms with Crippen LogP contribution in [0.2, 0.25) is 0 Å². The molecule has 0 saturated heterocycles. The molecule has 7 heteroatoms. The van der Waals surface area contributed by atoms with Gasteiger partial charge in [0, 0.05) is 22.5 Å². The molecule has 0 fully saturated rings. The van der Waals surface area contributed by atoms with Crippen LogP contribution >= 0.6 is 15.9 Å². The van der Waals surface area contributed by atoms with Crippen LogP contribution in [0.4, 0.5) is 5.69 Å². The summed E-state index contributed by atoms with van der Waals surface area (Å²) < 4.78 is 23.3. The smallest absolute Gasteiger partial charge is 0.337 e. The molecule has 0 atom stereocenters. The van der Waals surface area contributed by atoms with E-state index in [0.717, 1.165) is 0 Å². The van der Waals surface area contributed by atoms with E-state index in [4.69, 9.17) is 5.11 Å². The van der Waals surface area contributed by atoms with Crippen LogP contribution in [0.25, 0.3) is 0 Å². The number of rotatable bonds is 6. The highest BCUT2D eigenvalue weighted by Crippen LogP contribution is 2.20. The first kappa shape index (κ1) is 15.0. The van der Waals surface area contributed by atoms with Crippen molar-refractivity contribution in [3.8, 4) is 0 Å². The first-order valence-corrected chi connectivity index (χ1v) is 7.94. The van der Waals surface area contributed by atoms with E-state index in [0.29, 0.717) is 10.2 Å². The fourth-order valence-corrected chi connectivity index (χ4v) is 2.40. The van der Waals surface area contributed by atoms with Crippen molar-refractivity contribution in [2.75, 3.05) is 23.4 Å². The van der Waals surface area contributed by atoms with Crippen molar-refractivity contribution < 1.29 is 18.3 Å². The van der Waals surface area contributed by atoms with Gasteiger partial charge < -0.3 is 10.4 Å². The van der Waals surface area contributed by atoms with Crippen molar-refractivity contribution in [1.29, 1.82) is 0 Å². The largest absolute Gasteiger partial charge is 0.478 e. The van der Waals surface area contributed by atoms with Crippen LogP contribution in [0.1, 0.15) is 17.3 Å². The van der Waals surface area contributed by atoms with Gasteiger partial charge in [-0.1, -0.05) is 22.9 Å². The average Bonchev–Trinajstić information content (AvgIpc) is 2.30. The minimum absolute atomic E-state index is 0.0153. The number of hydrogen-bond donors (Lipinski definition) is 2. The van der Waals surface area contributed by atoms with E-state index in [-0.39, 0.29) is 23.6 Å².